The Morgan fingerprint density at radius 3 is 2.13 bits per heavy atom. The van der Waals surface area contributed by atoms with Gasteiger partial charge in [0.15, 0.2) is 0 Å². The van der Waals surface area contributed by atoms with Crippen molar-refractivity contribution < 1.29 is 4.39 Å². The van der Waals surface area contributed by atoms with Gasteiger partial charge in [0.2, 0.25) is 0 Å². The van der Waals surface area contributed by atoms with Gasteiger partial charge in [0.1, 0.15) is 11.5 Å². The van der Waals surface area contributed by atoms with E-state index in [0.717, 1.165) is 28.3 Å². The number of halogens is 1. The van der Waals surface area contributed by atoms with Crippen LogP contribution in [-0.4, -0.2) is 15.2 Å². The Kier molecular flexibility index (Phi) is 3.76. The van der Waals surface area contributed by atoms with Crippen LogP contribution in [0.4, 0.5) is 4.39 Å². The van der Waals surface area contributed by atoms with Gasteiger partial charge in [-0.2, -0.15) is 5.10 Å². The molecular weight excluding hydrogens is 289 g/mol. The van der Waals surface area contributed by atoms with Gasteiger partial charge in [0.05, 0.1) is 11.4 Å². The quantitative estimate of drug-likeness (QED) is 0.732. The van der Waals surface area contributed by atoms with E-state index in [9.17, 15) is 4.39 Å². The van der Waals surface area contributed by atoms with Crippen LogP contribution >= 0.6 is 0 Å². The molecule has 118 valence electrons. The summed E-state index contributed by atoms with van der Waals surface area (Å²) in [6.07, 6.45) is 0. The Bertz CT molecular complexity index is 827. The van der Waals surface area contributed by atoms with E-state index in [1.54, 1.807) is 12.1 Å². The van der Waals surface area contributed by atoms with Crippen LogP contribution in [0.3, 0.4) is 0 Å². The molecule has 3 rings (SSSR count). The molecule has 0 amide bonds. The van der Waals surface area contributed by atoms with Crippen molar-refractivity contribution in [2.24, 2.45) is 0 Å². The maximum absolute atomic E-state index is 13.2. The second-order valence-corrected chi connectivity index (χ2v) is 6.82. The highest BCUT2D eigenvalue weighted by molar-refractivity contribution is 5.66. The van der Waals surface area contributed by atoms with Gasteiger partial charge in [0, 0.05) is 11.3 Å². The van der Waals surface area contributed by atoms with Crippen LogP contribution in [0.2, 0.25) is 0 Å². The Labute approximate surface area is 135 Å². The predicted molar refractivity (Wildman–Crippen MR) is 90.6 cm³/mol. The molecule has 0 unspecified atom stereocenters. The van der Waals surface area contributed by atoms with Crippen molar-refractivity contribution in [1.82, 2.24) is 15.2 Å². The summed E-state index contributed by atoms with van der Waals surface area (Å²) in [5.41, 5.74) is 5.50. The molecule has 0 spiro atoms. The summed E-state index contributed by atoms with van der Waals surface area (Å²) in [7, 11) is 0. The predicted octanol–water partition coefficient (Wildman–Crippen LogP) is 4.88. The van der Waals surface area contributed by atoms with Crippen molar-refractivity contribution in [2.45, 2.75) is 33.1 Å². The third-order valence-corrected chi connectivity index (χ3v) is 3.80. The van der Waals surface area contributed by atoms with Crippen LogP contribution < -0.4 is 0 Å². The molecule has 1 N–H and O–H groups in total. The number of hydrogen-bond acceptors (Lipinski definition) is 2. The van der Waals surface area contributed by atoms with Crippen LogP contribution in [-0.2, 0) is 5.41 Å². The molecule has 1 aromatic carbocycles. The van der Waals surface area contributed by atoms with E-state index in [2.05, 4.69) is 43.1 Å². The van der Waals surface area contributed by atoms with Crippen molar-refractivity contribution >= 4 is 0 Å². The lowest BCUT2D eigenvalue weighted by Crippen LogP contribution is -2.12. The summed E-state index contributed by atoms with van der Waals surface area (Å²) in [5.74, 6) is -0.246. The summed E-state index contributed by atoms with van der Waals surface area (Å²) < 4.78 is 13.2. The molecule has 0 bridgehead atoms. The Morgan fingerprint density at radius 1 is 0.913 bits per heavy atom. The SMILES string of the molecule is Cc1cc(-c2cc(C(C)(C)C)cc(-c3ccc(F)cc3)n2)n[nH]1. The zero-order chi connectivity index (χ0) is 16.6. The van der Waals surface area contributed by atoms with Gasteiger partial charge in [-0.3, -0.25) is 5.10 Å². The van der Waals surface area contributed by atoms with Gasteiger partial charge >= 0.3 is 0 Å². The Hall–Kier alpha value is -2.49. The van der Waals surface area contributed by atoms with E-state index in [-0.39, 0.29) is 11.2 Å². The minimum Gasteiger partial charge on any atom is -0.282 e. The normalized spacial score (nSPS) is 11.7. The summed E-state index contributed by atoms with van der Waals surface area (Å²) in [4.78, 5) is 4.73. The fraction of sp³-hybridized carbons (Fsp3) is 0.263. The highest BCUT2D eigenvalue weighted by Crippen LogP contribution is 2.30. The van der Waals surface area contributed by atoms with E-state index in [1.165, 1.54) is 17.7 Å². The molecule has 2 aromatic heterocycles. The minimum atomic E-state index is -0.246. The van der Waals surface area contributed by atoms with Crippen LogP contribution in [0.25, 0.3) is 22.6 Å². The first-order valence-corrected chi connectivity index (χ1v) is 7.64. The number of aromatic amines is 1. The first kappa shape index (κ1) is 15.4. The maximum Gasteiger partial charge on any atom is 0.123 e. The zero-order valence-electron chi connectivity index (χ0n) is 13.8. The van der Waals surface area contributed by atoms with Crippen molar-refractivity contribution in [3.05, 3.63) is 59.5 Å². The lowest BCUT2D eigenvalue weighted by molar-refractivity contribution is 0.590. The smallest absolute Gasteiger partial charge is 0.123 e. The number of pyridine rings is 1. The molecule has 0 aliphatic heterocycles. The van der Waals surface area contributed by atoms with E-state index in [1.807, 2.05) is 13.0 Å². The van der Waals surface area contributed by atoms with Gasteiger partial charge in [0.25, 0.3) is 0 Å². The highest BCUT2D eigenvalue weighted by Gasteiger charge is 2.18. The molecular formula is C19H20FN3. The molecule has 2 heterocycles. The first-order chi connectivity index (χ1) is 10.8. The number of benzene rings is 1. The molecule has 3 nitrogen and oxygen atoms in total. The second-order valence-electron chi connectivity index (χ2n) is 6.82. The van der Waals surface area contributed by atoms with E-state index in [4.69, 9.17) is 4.98 Å². The highest BCUT2D eigenvalue weighted by atomic mass is 19.1. The van der Waals surface area contributed by atoms with Gasteiger partial charge in [-0.25, -0.2) is 9.37 Å². The first-order valence-electron chi connectivity index (χ1n) is 7.64. The summed E-state index contributed by atoms with van der Waals surface area (Å²) in [6, 6.07) is 12.5. The van der Waals surface area contributed by atoms with E-state index in [0.29, 0.717) is 0 Å². The fourth-order valence-electron chi connectivity index (χ4n) is 2.41. The van der Waals surface area contributed by atoms with E-state index >= 15 is 0 Å². The Balaban J connectivity index is 2.17. The molecule has 0 aliphatic rings. The van der Waals surface area contributed by atoms with Crippen LogP contribution in [0.1, 0.15) is 32.0 Å². The lowest BCUT2D eigenvalue weighted by atomic mass is 9.86. The molecule has 0 saturated carbocycles. The van der Waals surface area contributed by atoms with Crippen LogP contribution in [0, 0.1) is 12.7 Å². The molecule has 4 heteroatoms. The number of rotatable bonds is 2. The molecule has 0 fully saturated rings. The van der Waals surface area contributed by atoms with E-state index < -0.39 is 0 Å². The number of aromatic nitrogens is 3. The molecule has 0 atom stereocenters. The average molecular weight is 309 g/mol. The van der Waals surface area contributed by atoms with Crippen molar-refractivity contribution in [2.75, 3.05) is 0 Å². The lowest BCUT2D eigenvalue weighted by Gasteiger charge is -2.20. The average Bonchev–Trinajstić information content (AvgIpc) is 2.93. The van der Waals surface area contributed by atoms with Crippen molar-refractivity contribution in [3.8, 4) is 22.6 Å². The number of H-pyrrole nitrogens is 1. The molecule has 0 radical (unpaired) electrons. The molecule has 0 aliphatic carbocycles. The van der Waals surface area contributed by atoms with Gasteiger partial charge in [-0.1, -0.05) is 20.8 Å². The summed E-state index contributed by atoms with van der Waals surface area (Å²) in [6.45, 7) is 8.45. The van der Waals surface area contributed by atoms with Crippen molar-refractivity contribution in [3.63, 3.8) is 0 Å². The largest absolute Gasteiger partial charge is 0.282 e. The van der Waals surface area contributed by atoms with Crippen LogP contribution in [0.15, 0.2) is 42.5 Å². The second kappa shape index (κ2) is 5.61. The monoisotopic (exact) mass is 309 g/mol. The molecule has 23 heavy (non-hydrogen) atoms. The van der Waals surface area contributed by atoms with Crippen molar-refractivity contribution in [1.29, 1.82) is 0 Å². The van der Waals surface area contributed by atoms with Gasteiger partial charge < -0.3 is 0 Å². The maximum atomic E-state index is 13.2. The standard InChI is InChI=1S/C19H20FN3/c1-12-9-18(23-22-12)17-11-14(19(2,3)4)10-16(21-17)13-5-7-15(20)8-6-13/h5-11H,1-4H3,(H,22,23). The third-order valence-electron chi connectivity index (χ3n) is 3.80. The van der Waals surface area contributed by atoms with Gasteiger partial charge in [-0.15, -0.1) is 0 Å². The number of hydrogen-bond donors (Lipinski definition) is 1. The zero-order valence-corrected chi connectivity index (χ0v) is 13.8. The number of nitrogens with one attached hydrogen (secondary N) is 1. The van der Waals surface area contributed by atoms with Crippen LogP contribution in [0.5, 0.6) is 0 Å². The summed E-state index contributed by atoms with van der Waals surface area (Å²) in [5, 5.41) is 7.26. The fourth-order valence-corrected chi connectivity index (χ4v) is 2.41. The number of nitrogens with zero attached hydrogens (tertiary/aromatic N) is 2. The van der Waals surface area contributed by atoms with Gasteiger partial charge in [-0.05, 0) is 60.4 Å². The molecule has 0 saturated heterocycles. The summed E-state index contributed by atoms with van der Waals surface area (Å²) >= 11 is 0. The topological polar surface area (TPSA) is 41.6 Å². The molecule has 3 aromatic rings. The number of aryl methyl sites for hydroxylation is 1. The minimum absolute atomic E-state index is 0.0160. The Morgan fingerprint density at radius 2 is 1.57 bits per heavy atom. The third kappa shape index (κ3) is 3.31.